The molecular formula is C19H28Cl2N6O2. The van der Waals surface area contributed by atoms with Gasteiger partial charge < -0.3 is 25.2 Å². The summed E-state index contributed by atoms with van der Waals surface area (Å²) < 4.78 is 5.53. The molecule has 1 aromatic heterocycles. The van der Waals surface area contributed by atoms with Crippen LogP contribution in [0.3, 0.4) is 0 Å². The normalized spacial score (nSPS) is 20.1. The maximum absolute atomic E-state index is 12.5. The third-order valence-electron chi connectivity index (χ3n) is 4.90. The summed E-state index contributed by atoms with van der Waals surface area (Å²) in [5.41, 5.74) is 0. The Morgan fingerprint density at radius 1 is 1.31 bits per heavy atom. The Labute approximate surface area is 181 Å². The number of nitrogens with one attached hydrogen (secondary N) is 2. The molecule has 2 N–H and O–H groups in total. The number of hydrogen-bond acceptors (Lipinski definition) is 5. The van der Waals surface area contributed by atoms with Gasteiger partial charge in [0.2, 0.25) is 0 Å². The SMILES string of the molecule is CCNC(=NCCNc1ncc(Cl)cc1Cl)N1CCN(C(=O)C2CCCO2)CC1. The highest BCUT2D eigenvalue weighted by Gasteiger charge is 2.30. The summed E-state index contributed by atoms with van der Waals surface area (Å²) >= 11 is 12.0. The third-order valence-corrected chi connectivity index (χ3v) is 5.40. The Morgan fingerprint density at radius 2 is 2.07 bits per heavy atom. The lowest BCUT2D eigenvalue weighted by Gasteiger charge is -2.37. The van der Waals surface area contributed by atoms with Gasteiger partial charge in [0.15, 0.2) is 5.96 Å². The van der Waals surface area contributed by atoms with Crippen molar-refractivity contribution in [3.05, 3.63) is 22.3 Å². The number of aromatic nitrogens is 1. The monoisotopic (exact) mass is 442 g/mol. The number of aliphatic imine (C=N–C) groups is 1. The first-order valence-corrected chi connectivity index (χ1v) is 10.8. The van der Waals surface area contributed by atoms with Crippen LogP contribution in [0.1, 0.15) is 19.8 Å². The highest BCUT2D eigenvalue weighted by molar-refractivity contribution is 6.35. The zero-order chi connectivity index (χ0) is 20.6. The molecule has 1 atom stereocenters. The van der Waals surface area contributed by atoms with E-state index in [2.05, 4.69) is 20.5 Å². The molecule has 3 heterocycles. The molecule has 2 fully saturated rings. The summed E-state index contributed by atoms with van der Waals surface area (Å²) in [6, 6.07) is 1.66. The number of carbonyl (C=O) groups is 1. The molecule has 2 aliphatic heterocycles. The van der Waals surface area contributed by atoms with E-state index in [1.165, 1.54) is 0 Å². The van der Waals surface area contributed by atoms with Gasteiger partial charge in [-0.1, -0.05) is 23.2 Å². The van der Waals surface area contributed by atoms with E-state index in [4.69, 9.17) is 32.9 Å². The van der Waals surface area contributed by atoms with Crippen molar-refractivity contribution < 1.29 is 9.53 Å². The fourth-order valence-corrected chi connectivity index (χ4v) is 3.87. The smallest absolute Gasteiger partial charge is 0.251 e. The number of nitrogens with zero attached hydrogens (tertiary/aromatic N) is 4. The molecule has 160 valence electrons. The summed E-state index contributed by atoms with van der Waals surface area (Å²) in [5.74, 6) is 1.58. The van der Waals surface area contributed by atoms with Crippen LogP contribution in [0.5, 0.6) is 0 Å². The van der Waals surface area contributed by atoms with E-state index in [0.717, 1.165) is 38.4 Å². The predicted molar refractivity (Wildman–Crippen MR) is 116 cm³/mol. The minimum absolute atomic E-state index is 0.126. The van der Waals surface area contributed by atoms with Crippen LogP contribution in [0, 0.1) is 0 Å². The van der Waals surface area contributed by atoms with E-state index < -0.39 is 0 Å². The van der Waals surface area contributed by atoms with Crippen molar-refractivity contribution in [3.63, 3.8) is 0 Å². The molecule has 0 aliphatic carbocycles. The first kappa shape index (κ1) is 21.9. The summed E-state index contributed by atoms with van der Waals surface area (Å²) in [5, 5.41) is 7.49. The number of ether oxygens (including phenoxy) is 1. The van der Waals surface area contributed by atoms with Crippen molar-refractivity contribution in [1.82, 2.24) is 20.1 Å². The van der Waals surface area contributed by atoms with Gasteiger partial charge in [-0.25, -0.2) is 4.98 Å². The summed E-state index contributed by atoms with van der Waals surface area (Å²) in [6.45, 7) is 7.56. The Morgan fingerprint density at radius 3 is 2.72 bits per heavy atom. The number of piperazine rings is 1. The van der Waals surface area contributed by atoms with Crippen LogP contribution in [0.4, 0.5) is 5.82 Å². The number of amides is 1. The van der Waals surface area contributed by atoms with Gasteiger partial charge in [-0.05, 0) is 25.8 Å². The van der Waals surface area contributed by atoms with Gasteiger partial charge in [0.1, 0.15) is 11.9 Å². The van der Waals surface area contributed by atoms with Gasteiger partial charge >= 0.3 is 0 Å². The molecule has 2 saturated heterocycles. The fraction of sp³-hybridized carbons (Fsp3) is 0.632. The molecule has 0 bridgehead atoms. The van der Waals surface area contributed by atoms with Crippen LogP contribution < -0.4 is 10.6 Å². The Balaban J connectivity index is 1.48. The minimum Gasteiger partial charge on any atom is -0.368 e. The van der Waals surface area contributed by atoms with Crippen molar-refractivity contribution >= 4 is 40.9 Å². The zero-order valence-corrected chi connectivity index (χ0v) is 18.2. The maximum atomic E-state index is 12.5. The van der Waals surface area contributed by atoms with Gasteiger partial charge in [0.05, 0.1) is 16.6 Å². The average Bonchev–Trinajstić information content (AvgIpc) is 3.26. The largest absolute Gasteiger partial charge is 0.368 e. The molecule has 0 radical (unpaired) electrons. The van der Waals surface area contributed by atoms with Gasteiger partial charge in [-0.15, -0.1) is 0 Å². The number of guanidine groups is 1. The Kier molecular flexibility index (Phi) is 8.20. The molecule has 1 aromatic rings. The molecule has 0 aromatic carbocycles. The summed E-state index contributed by atoms with van der Waals surface area (Å²) in [4.78, 5) is 25.5. The lowest BCUT2D eigenvalue weighted by molar-refractivity contribution is -0.142. The molecule has 1 amide bonds. The van der Waals surface area contributed by atoms with Crippen LogP contribution in [0.25, 0.3) is 0 Å². The van der Waals surface area contributed by atoms with E-state index in [-0.39, 0.29) is 12.0 Å². The van der Waals surface area contributed by atoms with E-state index in [0.29, 0.717) is 48.6 Å². The van der Waals surface area contributed by atoms with Gasteiger partial charge in [0.25, 0.3) is 5.91 Å². The lowest BCUT2D eigenvalue weighted by Crippen LogP contribution is -2.55. The average molecular weight is 443 g/mol. The third kappa shape index (κ3) is 6.10. The topological polar surface area (TPSA) is 82.1 Å². The summed E-state index contributed by atoms with van der Waals surface area (Å²) in [6.07, 6.45) is 3.12. The molecule has 10 heteroatoms. The first-order valence-electron chi connectivity index (χ1n) is 10.1. The van der Waals surface area contributed by atoms with Gasteiger partial charge in [0, 0.05) is 52.1 Å². The van der Waals surface area contributed by atoms with Crippen LogP contribution >= 0.6 is 23.2 Å². The molecule has 1 unspecified atom stereocenters. The predicted octanol–water partition coefficient (Wildman–Crippen LogP) is 2.09. The van der Waals surface area contributed by atoms with Crippen molar-refractivity contribution in [3.8, 4) is 0 Å². The second-order valence-electron chi connectivity index (χ2n) is 6.96. The summed E-state index contributed by atoms with van der Waals surface area (Å²) in [7, 11) is 0. The standard InChI is InChI=1S/C19H28Cl2N6O2/c1-2-22-19(24-6-5-23-17-15(21)12-14(20)13-25-17)27-9-7-26(8-10-27)18(28)16-4-3-11-29-16/h12-13,16H,2-11H2,1H3,(H,22,24)(H,23,25). The van der Waals surface area contributed by atoms with Crippen LogP contribution in [0.15, 0.2) is 17.3 Å². The number of anilines is 1. The highest BCUT2D eigenvalue weighted by Crippen LogP contribution is 2.22. The maximum Gasteiger partial charge on any atom is 0.251 e. The molecule has 3 rings (SSSR count). The van der Waals surface area contributed by atoms with E-state index in [9.17, 15) is 4.79 Å². The Hall–Kier alpha value is -1.77. The van der Waals surface area contributed by atoms with Crippen molar-refractivity contribution in [2.45, 2.75) is 25.9 Å². The first-order chi connectivity index (χ1) is 14.1. The minimum atomic E-state index is -0.247. The van der Waals surface area contributed by atoms with Gasteiger partial charge in [-0.3, -0.25) is 9.79 Å². The molecule has 2 aliphatic rings. The molecule has 0 saturated carbocycles. The van der Waals surface area contributed by atoms with Crippen LogP contribution in [0.2, 0.25) is 10.0 Å². The van der Waals surface area contributed by atoms with Gasteiger partial charge in [-0.2, -0.15) is 0 Å². The van der Waals surface area contributed by atoms with Crippen molar-refractivity contribution in [1.29, 1.82) is 0 Å². The second kappa shape index (κ2) is 10.8. The molecule has 29 heavy (non-hydrogen) atoms. The fourth-order valence-electron chi connectivity index (χ4n) is 3.42. The lowest BCUT2D eigenvalue weighted by atomic mass is 10.2. The van der Waals surface area contributed by atoms with E-state index in [1.54, 1.807) is 12.3 Å². The van der Waals surface area contributed by atoms with E-state index in [1.807, 2.05) is 11.8 Å². The van der Waals surface area contributed by atoms with Crippen LogP contribution in [-0.4, -0.2) is 85.2 Å². The quantitative estimate of drug-likeness (QED) is 0.398. The molecule has 0 spiro atoms. The number of carbonyl (C=O) groups excluding carboxylic acids is 1. The van der Waals surface area contributed by atoms with Crippen LogP contribution in [-0.2, 0) is 9.53 Å². The number of halogens is 2. The number of rotatable bonds is 6. The van der Waals surface area contributed by atoms with E-state index >= 15 is 0 Å². The molecular weight excluding hydrogens is 415 g/mol. The highest BCUT2D eigenvalue weighted by atomic mass is 35.5. The van der Waals surface area contributed by atoms with Crippen molar-refractivity contribution in [2.24, 2.45) is 4.99 Å². The Bertz CT molecular complexity index is 719. The number of hydrogen-bond donors (Lipinski definition) is 2. The number of pyridine rings is 1. The molecule has 8 nitrogen and oxygen atoms in total. The second-order valence-corrected chi connectivity index (χ2v) is 7.80. The van der Waals surface area contributed by atoms with Crippen molar-refractivity contribution in [2.75, 3.05) is 57.7 Å². The zero-order valence-electron chi connectivity index (χ0n) is 16.7.